The van der Waals surface area contributed by atoms with Gasteiger partial charge in [-0.3, -0.25) is 4.79 Å². The SMILES string of the molecule is Cn1ccc2cc(-c3nccc(=O)[nH]3)ccc21. The molecule has 0 aliphatic heterocycles. The zero-order valence-corrected chi connectivity index (χ0v) is 9.34. The normalized spacial score (nSPS) is 10.9. The van der Waals surface area contributed by atoms with Crippen LogP contribution in [0.4, 0.5) is 0 Å². The Morgan fingerprint density at radius 1 is 1.24 bits per heavy atom. The Balaban J connectivity index is 2.21. The van der Waals surface area contributed by atoms with E-state index in [9.17, 15) is 4.79 Å². The van der Waals surface area contributed by atoms with Crippen LogP contribution in [0.15, 0.2) is 47.5 Å². The molecule has 2 heterocycles. The van der Waals surface area contributed by atoms with Gasteiger partial charge in [0.1, 0.15) is 5.82 Å². The van der Waals surface area contributed by atoms with Crippen molar-refractivity contribution >= 4 is 10.9 Å². The van der Waals surface area contributed by atoms with Crippen LogP contribution in [-0.4, -0.2) is 14.5 Å². The first-order valence-electron chi connectivity index (χ1n) is 5.35. The Morgan fingerprint density at radius 3 is 2.94 bits per heavy atom. The van der Waals surface area contributed by atoms with Gasteiger partial charge < -0.3 is 9.55 Å². The van der Waals surface area contributed by atoms with Crippen LogP contribution in [0.1, 0.15) is 0 Å². The molecule has 0 aliphatic carbocycles. The van der Waals surface area contributed by atoms with Crippen LogP contribution in [0.5, 0.6) is 0 Å². The van der Waals surface area contributed by atoms with E-state index in [0.29, 0.717) is 5.82 Å². The van der Waals surface area contributed by atoms with Crippen molar-refractivity contribution in [2.75, 3.05) is 0 Å². The summed E-state index contributed by atoms with van der Waals surface area (Å²) >= 11 is 0. The van der Waals surface area contributed by atoms with Crippen LogP contribution in [-0.2, 0) is 7.05 Å². The summed E-state index contributed by atoms with van der Waals surface area (Å²) in [6.45, 7) is 0. The van der Waals surface area contributed by atoms with E-state index in [4.69, 9.17) is 0 Å². The first kappa shape index (κ1) is 9.84. The highest BCUT2D eigenvalue weighted by Gasteiger charge is 2.03. The molecule has 0 bridgehead atoms. The Bertz CT molecular complexity index is 740. The van der Waals surface area contributed by atoms with Gasteiger partial charge in [-0.2, -0.15) is 0 Å². The molecule has 0 amide bonds. The van der Waals surface area contributed by atoms with Gasteiger partial charge in [-0.15, -0.1) is 0 Å². The summed E-state index contributed by atoms with van der Waals surface area (Å²) in [6, 6.07) is 9.45. The van der Waals surface area contributed by atoms with Crippen molar-refractivity contribution in [3.8, 4) is 11.4 Å². The molecule has 0 unspecified atom stereocenters. The minimum absolute atomic E-state index is 0.136. The average Bonchev–Trinajstić information content (AvgIpc) is 2.71. The molecule has 84 valence electrons. The maximum atomic E-state index is 11.2. The van der Waals surface area contributed by atoms with Gasteiger partial charge in [0.15, 0.2) is 0 Å². The zero-order chi connectivity index (χ0) is 11.8. The number of nitrogens with one attached hydrogen (secondary N) is 1. The van der Waals surface area contributed by atoms with E-state index >= 15 is 0 Å². The van der Waals surface area contributed by atoms with Crippen LogP contribution in [0.2, 0.25) is 0 Å². The standard InChI is InChI=1S/C13H11N3O/c1-16-7-5-9-8-10(2-3-11(9)16)13-14-6-4-12(17)15-13/h2-8H,1H3,(H,14,15,17). The van der Waals surface area contributed by atoms with Crippen molar-refractivity contribution in [1.29, 1.82) is 0 Å². The maximum absolute atomic E-state index is 11.2. The van der Waals surface area contributed by atoms with Gasteiger partial charge in [0.05, 0.1) is 0 Å². The molecule has 0 atom stereocenters. The van der Waals surface area contributed by atoms with Crippen molar-refractivity contribution < 1.29 is 0 Å². The van der Waals surface area contributed by atoms with Crippen molar-refractivity contribution in [2.24, 2.45) is 7.05 Å². The zero-order valence-electron chi connectivity index (χ0n) is 9.34. The second kappa shape index (κ2) is 3.59. The third-order valence-corrected chi connectivity index (χ3v) is 2.83. The number of benzene rings is 1. The summed E-state index contributed by atoms with van der Waals surface area (Å²) in [5.41, 5.74) is 1.94. The lowest BCUT2D eigenvalue weighted by molar-refractivity contribution is 0.969. The van der Waals surface area contributed by atoms with E-state index in [1.165, 1.54) is 12.3 Å². The van der Waals surface area contributed by atoms with Crippen molar-refractivity contribution in [1.82, 2.24) is 14.5 Å². The van der Waals surface area contributed by atoms with E-state index < -0.39 is 0 Å². The van der Waals surface area contributed by atoms with Crippen LogP contribution < -0.4 is 5.56 Å². The number of hydrogen-bond donors (Lipinski definition) is 1. The molecule has 4 heteroatoms. The second-order valence-electron chi connectivity index (χ2n) is 3.98. The summed E-state index contributed by atoms with van der Waals surface area (Å²) in [6.07, 6.45) is 3.53. The van der Waals surface area contributed by atoms with Gasteiger partial charge in [-0.05, 0) is 24.3 Å². The van der Waals surface area contributed by atoms with Crippen molar-refractivity contribution in [2.45, 2.75) is 0 Å². The van der Waals surface area contributed by atoms with Crippen LogP contribution in [0.25, 0.3) is 22.3 Å². The number of aromatic nitrogens is 3. The third kappa shape index (κ3) is 1.63. The minimum Gasteiger partial charge on any atom is -0.351 e. The van der Waals surface area contributed by atoms with E-state index in [2.05, 4.69) is 14.5 Å². The Labute approximate surface area is 97.6 Å². The minimum atomic E-state index is -0.136. The number of aromatic amines is 1. The predicted octanol–water partition coefficient (Wildman–Crippen LogP) is 1.93. The number of nitrogens with zero attached hydrogens (tertiary/aromatic N) is 2. The topological polar surface area (TPSA) is 50.7 Å². The lowest BCUT2D eigenvalue weighted by Crippen LogP contribution is -2.05. The van der Waals surface area contributed by atoms with E-state index in [0.717, 1.165) is 16.5 Å². The first-order valence-corrected chi connectivity index (χ1v) is 5.35. The van der Waals surface area contributed by atoms with Crippen molar-refractivity contribution in [3.05, 3.63) is 53.1 Å². The molecule has 0 radical (unpaired) electrons. The lowest BCUT2D eigenvalue weighted by Gasteiger charge is -2.01. The van der Waals surface area contributed by atoms with Crippen LogP contribution in [0.3, 0.4) is 0 Å². The maximum Gasteiger partial charge on any atom is 0.251 e. The Hall–Kier alpha value is -2.36. The highest BCUT2D eigenvalue weighted by molar-refractivity contribution is 5.84. The Kier molecular flexibility index (Phi) is 2.08. The number of H-pyrrole nitrogens is 1. The number of aryl methyl sites for hydroxylation is 1. The first-order chi connectivity index (χ1) is 8.24. The quantitative estimate of drug-likeness (QED) is 0.688. The smallest absolute Gasteiger partial charge is 0.251 e. The molecule has 0 aliphatic rings. The molecule has 3 aromatic rings. The molecule has 1 N–H and O–H groups in total. The molecule has 0 saturated carbocycles. The highest BCUT2D eigenvalue weighted by atomic mass is 16.1. The fraction of sp³-hybridized carbons (Fsp3) is 0.0769. The van der Waals surface area contributed by atoms with Gasteiger partial charge >= 0.3 is 0 Å². The van der Waals surface area contributed by atoms with Gasteiger partial charge in [0.25, 0.3) is 5.56 Å². The Morgan fingerprint density at radius 2 is 2.12 bits per heavy atom. The highest BCUT2D eigenvalue weighted by Crippen LogP contribution is 2.21. The summed E-state index contributed by atoms with van der Waals surface area (Å²) in [5, 5.41) is 1.14. The number of hydrogen-bond acceptors (Lipinski definition) is 2. The van der Waals surface area contributed by atoms with Gasteiger partial charge in [0, 0.05) is 42.0 Å². The summed E-state index contributed by atoms with van der Waals surface area (Å²) in [5.74, 6) is 0.600. The fourth-order valence-corrected chi connectivity index (χ4v) is 1.95. The summed E-state index contributed by atoms with van der Waals surface area (Å²) in [4.78, 5) is 18.1. The van der Waals surface area contributed by atoms with E-state index in [1.807, 2.05) is 37.5 Å². The molecule has 1 aromatic carbocycles. The summed E-state index contributed by atoms with van der Waals surface area (Å²) in [7, 11) is 2.00. The largest absolute Gasteiger partial charge is 0.351 e. The van der Waals surface area contributed by atoms with Gasteiger partial charge in [0.2, 0.25) is 0 Å². The molecule has 0 fully saturated rings. The van der Waals surface area contributed by atoms with Crippen molar-refractivity contribution in [3.63, 3.8) is 0 Å². The molecule has 0 saturated heterocycles. The monoisotopic (exact) mass is 225 g/mol. The molecule has 17 heavy (non-hydrogen) atoms. The average molecular weight is 225 g/mol. The second-order valence-corrected chi connectivity index (χ2v) is 3.98. The predicted molar refractivity (Wildman–Crippen MR) is 66.8 cm³/mol. The molecule has 2 aromatic heterocycles. The van der Waals surface area contributed by atoms with Crippen LogP contribution >= 0.6 is 0 Å². The lowest BCUT2D eigenvalue weighted by atomic mass is 10.1. The fourth-order valence-electron chi connectivity index (χ4n) is 1.95. The number of fused-ring (bicyclic) bond motifs is 1. The molecule has 0 spiro atoms. The molecule has 4 nitrogen and oxygen atoms in total. The van der Waals surface area contributed by atoms with E-state index in [1.54, 1.807) is 0 Å². The molecular formula is C13H11N3O. The van der Waals surface area contributed by atoms with Gasteiger partial charge in [-0.25, -0.2) is 4.98 Å². The van der Waals surface area contributed by atoms with Gasteiger partial charge in [-0.1, -0.05) is 0 Å². The van der Waals surface area contributed by atoms with Crippen LogP contribution in [0, 0.1) is 0 Å². The molecular weight excluding hydrogens is 214 g/mol. The molecule has 3 rings (SSSR count). The van der Waals surface area contributed by atoms with E-state index in [-0.39, 0.29) is 5.56 Å². The third-order valence-electron chi connectivity index (χ3n) is 2.83. The summed E-state index contributed by atoms with van der Waals surface area (Å²) < 4.78 is 2.06. The number of rotatable bonds is 1.